The third-order valence-corrected chi connectivity index (χ3v) is 3.83. The Balaban J connectivity index is 1.45. The average Bonchev–Trinajstić information content (AvgIpc) is 3.10. The van der Waals surface area contributed by atoms with E-state index in [0.29, 0.717) is 19.5 Å². The minimum Gasteiger partial charge on any atom is -0.392 e. The van der Waals surface area contributed by atoms with Gasteiger partial charge in [-0.25, -0.2) is 4.98 Å². The standard InChI is InChI=1S/C15H20N4O2/c20-11-8-13(17-9-11)15(21)16-6-3-7-19-10-18-12-4-1-2-5-14(12)19/h1-2,4-5,10-11,13,17,20H,3,6-9H2,(H,16,21)/t11-,13+/m0/s1. The average molecular weight is 288 g/mol. The number of carbonyl (C=O) groups excluding carboxylic acids is 1. The maximum Gasteiger partial charge on any atom is 0.237 e. The summed E-state index contributed by atoms with van der Waals surface area (Å²) < 4.78 is 2.10. The van der Waals surface area contributed by atoms with Crippen molar-refractivity contribution in [2.45, 2.75) is 31.5 Å². The number of hydrogen-bond acceptors (Lipinski definition) is 4. The van der Waals surface area contributed by atoms with Crippen molar-refractivity contribution in [2.75, 3.05) is 13.1 Å². The molecule has 3 rings (SSSR count). The molecule has 6 nitrogen and oxygen atoms in total. The fraction of sp³-hybridized carbons (Fsp3) is 0.467. The quantitative estimate of drug-likeness (QED) is 0.690. The molecule has 0 unspecified atom stereocenters. The van der Waals surface area contributed by atoms with Gasteiger partial charge in [-0.3, -0.25) is 4.79 Å². The van der Waals surface area contributed by atoms with Gasteiger partial charge in [-0.1, -0.05) is 12.1 Å². The van der Waals surface area contributed by atoms with Gasteiger partial charge in [0.1, 0.15) is 0 Å². The number of benzene rings is 1. The number of β-amino-alcohol motifs (C(OH)–C–C–N with tert-alkyl or cyclic N) is 1. The van der Waals surface area contributed by atoms with E-state index in [9.17, 15) is 9.90 Å². The van der Waals surface area contributed by atoms with Gasteiger partial charge in [0.05, 0.1) is 29.5 Å². The molecule has 0 bridgehead atoms. The summed E-state index contributed by atoms with van der Waals surface area (Å²) >= 11 is 0. The van der Waals surface area contributed by atoms with Gasteiger partial charge in [-0.05, 0) is 25.0 Å². The lowest BCUT2D eigenvalue weighted by atomic mass is 10.2. The number of aryl methyl sites for hydroxylation is 1. The normalized spacial score (nSPS) is 21.8. The molecule has 21 heavy (non-hydrogen) atoms. The van der Waals surface area contributed by atoms with E-state index in [1.165, 1.54) is 0 Å². The zero-order valence-corrected chi connectivity index (χ0v) is 11.8. The zero-order chi connectivity index (χ0) is 14.7. The molecule has 1 aromatic carbocycles. The molecule has 1 saturated heterocycles. The lowest BCUT2D eigenvalue weighted by Gasteiger charge is -2.11. The Morgan fingerprint density at radius 1 is 1.48 bits per heavy atom. The number of rotatable bonds is 5. The SMILES string of the molecule is O=C(NCCCn1cnc2ccccc21)[C@H]1C[C@H](O)CN1. The van der Waals surface area contributed by atoms with E-state index in [1.807, 2.05) is 30.6 Å². The van der Waals surface area contributed by atoms with E-state index in [4.69, 9.17) is 0 Å². The number of nitrogens with zero attached hydrogens (tertiary/aromatic N) is 2. The Morgan fingerprint density at radius 3 is 3.14 bits per heavy atom. The lowest BCUT2D eigenvalue weighted by molar-refractivity contribution is -0.122. The molecule has 0 saturated carbocycles. The Kier molecular flexibility index (Phi) is 4.17. The van der Waals surface area contributed by atoms with Crippen LogP contribution >= 0.6 is 0 Å². The number of imidazole rings is 1. The molecular formula is C15H20N4O2. The monoisotopic (exact) mass is 288 g/mol. The second-order valence-electron chi connectivity index (χ2n) is 5.42. The highest BCUT2D eigenvalue weighted by molar-refractivity contribution is 5.82. The number of para-hydroxylation sites is 2. The summed E-state index contributed by atoms with van der Waals surface area (Å²) in [4.78, 5) is 16.2. The number of carbonyl (C=O) groups is 1. The Hall–Kier alpha value is -1.92. The smallest absolute Gasteiger partial charge is 0.237 e. The third kappa shape index (κ3) is 3.22. The predicted molar refractivity (Wildman–Crippen MR) is 79.8 cm³/mol. The van der Waals surface area contributed by atoms with Gasteiger partial charge in [0, 0.05) is 19.6 Å². The summed E-state index contributed by atoms with van der Waals surface area (Å²) in [7, 11) is 0. The van der Waals surface area contributed by atoms with Crippen LogP contribution in [0.3, 0.4) is 0 Å². The van der Waals surface area contributed by atoms with Crippen LogP contribution in [0.5, 0.6) is 0 Å². The molecule has 1 fully saturated rings. The molecule has 3 N–H and O–H groups in total. The third-order valence-electron chi connectivity index (χ3n) is 3.83. The molecular weight excluding hydrogens is 268 g/mol. The number of amides is 1. The summed E-state index contributed by atoms with van der Waals surface area (Å²) in [5, 5.41) is 15.3. The van der Waals surface area contributed by atoms with Gasteiger partial charge in [0.25, 0.3) is 0 Å². The van der Waals surface area contributed by atoms with Crippen LogP contribution in [-0.4, -0.2) is 45.8 Å². The first-order chi connectivity index (χ1) is 10.2. The molecule has 112 valence electrons. The molecule has 2 atom stereocenters. The number of aliphatic hydroxyl groups excluding tert-OH is 1. The van der Waals surface area contributed by atoms with Gasteiger partial charge < -0.3 is 20.3 Å². The Bertz CT molecular complexity index is 625. The number of fused-ring (bicyclic) bond motifs is 1. The molecule has 0 radical (unpaired) electrons. The largest absolute Gasteiger partial charge is 0.392 e. The molecule has 6 heteroatoms. The highest BCUT2D eigenvalue weighted by atomic mass is 16.3. The fourth-order valence-corrected chi connectivity index (χ4v) is 2.69. The van der Waals surface area contributed by atoms with E-state index >= 15 is 0 Å². The molecule has 2 aromatic rings. The van der Waals surface area contributed by atoms with Crippen LogP contribution in [0.1, 0.15) is 12.8 Å². The zero-order valence-electron chi connectivity index (χ0n) is 11.8. The number of nitrogens with one attached hydrogen (secondary N) is 2. The van der Waals surface area contributed by atoms with Gasteiger partial charge in [-0.2, -0.15) is 0 Å². The van der Waals surface area contributed by atoms with Crippen LogP contribution in [0, 0.1) is 0 Å². The van der Waals surface area contributed by atoms with Crippen molar-refractivity contribution < 1.29 is 9.90 Å². The number of aromatic nitrogens is 2. The van der Waals surface area contributed by atoms with E-state index in [2.05, 4.69) is 20.2 Å². The molecule has 2 heterocycles. The summed E-state index contributed by atoms with van der Waals surface area (Å²) in [6.45, 7) is 1.94. The first kappa shape index (κ1) is 14.0. The molecule has 1 aliphatic rings. The van der Waals surface area contributed by atoms with Crippen molar-refractivity contribution in [1.82, 2.24) is 20.2 Å². The minimum atomic E-state index is -0.405. The minimum absolute atomic E-state index is 0.0259. The van der Waals surface area contributed by atoms with Gasteiger partial charge >= 0.3 is 0 Å². The highest BCUT2D eigenvalue weighted by Crippen LogP contribution is 2.12. The maximum absolute atomic E-state index is 11.9. The predicted octanol–water partition coefficient (Wildman–Crippen LogP) is 0.265. The van der Waals surface area contributed by atoms with E-state index in [0.717, 1.165) is 24.0 Å². The van der Waals surface area contributed by atoms with E-state index in [1.54, 1.807) is 0 Å². The first-order valence-electron chi connectivity index (χ1n) is 7.33. The van der Waals surface area contributed by atoms with Crippen molar-refractivity contribution >= 4 is 16.9 Å². The maximum atomic E-state index is 11.9. The van der Waals surface area contributed by atoms with Crippen LogP contribution in [0.25, 0.3) is 11.0 Å². The van der Waals surface area contributed by atoms with Gasteiger partial charge in [0.15, 0.2) is 0 Å². The van der Waals surface area contributed by atoms with Crippen LogP contribution in [0.15, 0.2) is 30.6 Å². The summed E-state index contributed by atoms with van der Waals surface area (Å²) in [6, 6.07) is 7.76. The van der Waals surface area contributed by atoms with Crippen LogP contribution in [0.2, 0.25) is 0 Å². The molecule has 0 aliphatic carbocycles. The summed E-state index contributed by atoms with van der Waals surface area (Å²) in [5.74, 6) is -0.0259. The molecule has 0 spiro atoms. The highest BCUT2D eigenvalue weighted by Gasteiger charge is 2.27. The molecule has 1 aliphatic heterocycles. The Labute approximate surface area is 123 Å². The second kappa shape index (κ2) is 6.24. The second-order valence-corrected chi connectivity index (χ2v) is 5.42. The van der Waals surface area contributed by atoms with Crippen LogP contribution < -0.4 is 10.6 Å². The van der Waals surface area contributed by atoms with Gasteiger partial charge in [-0.15, -0.1) is 0 Å². The Morgan fingerprint density at radius 2 is 2.33 bits per heavy atom. The van der Waals surface area contributed by atoms with E-state index in [-0.39, 0.29) is 11.9 Å². The van der Waals surface area contributed by atoms with Crippen molar-refractivity contribution in [2.24, 2.45) is 0 Å². The first-order valence-corrected chi connectivity index (χ1v) is 7.33. The van der Waals surface area contributed by atoms with Crippen LogP contribution in [-0.2, 0) is 11.3 Å². The van der Waals surface area contributed by atoms with Gasteiger partial charge in [0.2, 0.25) is 5.91 Å². The summed E-state index contributed by atoms with van der Waals surface area (Å²) in [5.41, 5.74) is 2.11. The van der Waals surface area contributed by atoms with Crippen LogP contribution in [0.4, 0.5) is 0 Å². The fourth-order valence-electron chi connectivity index (χ4n) is 2.69. The topological polar surface area (TPSA) is 79.2 Å². The summed E-state index contributed by atoms with van der Waals surface area (Å²) in [6.07, 6.45) is 2.78. The van der Waals surface area contributed by atoms with Crippen molar-refractivity contribution in [1.29, 1.82) is 0 Å². The van der Waals surface area contributed by atoms with Crippen molar-refractivity contribution in [3.63, 3.8) is 0 Å². The molecule has 1 amide bonds. The van der Waals surface area contributed by atoms with Crippen molar-refractivity contribution in [3.05, 3.63) is 30.6 Å². The number of aliphatic hydroxyl groups is 1. The molecule has 1 aromatic heterocycles. The van der Waals surface area contributed by atoms with Crippen molar-refractivity contribution in [3.8, 4) is 0 Å². The van der Waals surface area contributed by atoms with E-state index < -0.39 is 6.10 Å². The number of hydrogen-bond donors (Lipinski definition) is 3. The lowest BCUT2D eigenvalue weighted by Crippen LogP contribution is -2.40.